The minimum atomic E-state index is -0.0600. The van der Waals surface area contributed by atoms with Crippen LogP contribution in [0.1, 0.15) is 65.2 Å². The zero-order chi connectivity index (χ0) is 12.5. The molecule has 100 valence electrons. The van der Waals surface area contributed by atoms with Crippen molar-refractivity contribution in [1.82, 2.24) is 4.90 Å². The summed E-state index contributed by atoms with van der Waals surface area (Å²) in [6, 6.07) is 0.604. The summed E-state index contributed by atoms with van der Waals surface area (Å²) in [6.45, 7) is 4.73. The Morgan fingerprint density at radius 2 is 1.88 bits per heavy atom. The van der Waals surface area contributed by atoms with Crippen LogP contribution in [0.4, 0.5) is 0 Å². The van der Waals surface area contributed by atoms with E-state index >= 15 is 0 Å². The van der Waals surface area contributed by atoms with E-state index in [1.807, 2.05) is 0 Å². The van der Waals surface area contributed by atoms with Crippen LogP contribution in [0.2, 0.25) is 0 Å². The minimum absolute atomic E-state index is 0.0600. The topological polar surface area (TPSA) is 23.5 Å². The van der Waals surface area contributed by atoms with Gasteiger partial charge in [0.2, 0.25) is 0 Å². The van der Waals surface area contributed by atoms with Gasteiger partial charge < -0.3 is 5.11 Å². The molecule has 2 saturated carbocycles. The standard InChI is InChI=1S/C15H29NO/c1-4-12-7-8-13(17)11-14(12)16(3)15(2)9-5-6-10-15/h12-14,17H,4-11H2,1-3H3. The van der Waals surface area contributed by atoms with Gasteiger partial charge in [0, 0.05) is 11.6 Å². The molecule has 3 atom stereocenters. The molecule has 2 aliphatic carbocycles. The fourth-order valence-electron chi connectivity index (χ4n) is 4.03. The molecule has 2 fully saturated rings. The van der Waals surface area contributed by atoms with Crippen molar-refractivity contribution < 1.29 is 5.11 Å². The van der Waals surface area contributed by atoms with Crippen molar-refractivity contribution in [2.45, 2.75) is 82.9 Å². The Morgan fingerprint density at radius 3 is 2.47 bits per heavy atom. The van der Waals surface area contributed by atoms with Gasteiger partial charge in [-0.2, -0.15) is 0 Å². The van der Waals surface area contributed by atoms with Gasteiger partial charge in [-0.25, -0.2) is 0 Å². The molecule has 0 heterocycles. The molecule has 1 N–H and O–H groups in total. The fraction of sp³-hybridized carbons (Fsp3) is 1.00. The minimum Gasteiger partial charge on any atom is -0.393 e. The van der Waals surface area contributed by atoms with Gasteiger partial charge in [-0.1, -0.05) is 26.2 Å². The van der Waals surface area contributed by atoms with Gasteiger partial charge in [-0.05, 0) is 52.0 Å². The molecule has 0 amide bonds. The van der Waals surface area contributed by atoms with Crippen molar-refractivity contribution in [3.63, 3.8) is 0 Å². The Hall–Kier alpha value is -0.0800. The molecule has 2 aliphatic rings. The summed E-state index contributed by atoms with van der Waals surface area (Å²) >= 11 is 0. The quantitative estimate of drug-likeness (QED) is 0.817. The number of aliphatic hydroxyl groups is 1. The van der Waals surface area contributed by atoms with Gasteiger partial charge >= 0.3 is 0 Å². The van der Waals surface area contributed by atoms with E-state index in [0.717, 1.165) is 18.8 Å². The average Bonchev–Trinajstić information content (AvgIpc) is 2.76. The maximum absolute atomic E-state index is 9.94. The maximum Gasteiger partial charge on any atom is 0.0555 e. The highest BCUT2D eigenvalue weighted by Crippen LogP contribution is 2.40. The predicted molar refractivity (Wildman–Crippen MR) is 72.1 cm³/mol. The van der Waals surface area contributed by atoms with E-state index in [9.17, 15) is 5.11 Å². The third-order valence-corrected chi connectivity index (χ3v) is 5.48. The lowest BCUT2D eigenvalue weighted by molar-refractivity contribution is -0.00931. The lowest BCUT2D eigenvalue weighted by Crippen LogP contribution is -2.53. The molecule has 0 bridgehead atoms. The monoisotopic (exact) mass is 239 g/mol. The van der Waals surface area contributed by atoms with E-state index in [1.54, 1.807) is 0 Å². The lowest BCUT2D eigenvalue weighted by atomic mass is 9.78. The van der Waals surface area contributed by atoms with E-state index in [2.05, 4.69) is 25.8 Å². The number of rotatable bonds is 3. The number of nitrogens with zero attached hydrogens (tertiary/aromatic N) is 1. The summed E-state index contributed by atoms with van der Waals surface area (Å²) < 4.78 is 0. The molecule has 0 spiro atoms. The van der Waals surface area contributed by atoms with Crippen LogP contribution < -0.4 is 0 Å². The van der Waals surface area contributed by atoms with Gasteiger partial charge in [-0.3, -0.25) is 4.90 Å². The molecule has 17 heavy (non-hydrogen) atoms. The molecule has 2 rings (SSSR count). The van der Waals surface area contributed by atoms with Crippen molar-refractivity contribution >= 4 is 0 Å². The zero-order valence-corrected chi connectivity index (χ0v) is 11.8. The van der Waals surface area contributed by atoms with E-state index in [-0.39, 0.29) is 6.10 Å². The Kier molecular flexibility index (Phi) is 4.14. The van der Waals surface area contributed by atoms with Gasteiger partial charge in [0.1, 0.15) is 0 Å². The second-order valence-electron chi connectivity index (χ2n) is 6.52. The summed E-state index contributed by atoms with van der Waals surface area (Å²) in [6.07, 6.45) is 9.86. The molecule has 0 aromatic rings. The normalized spacial score (nSPS) is 37.6. The molecule has 0 saturated heterocycles. The second-order valence-corrected chi connectivity index (χ2v) is 6.52. The largest absolute Gasteiger partial charge is 0.393 e. The Bertz CT molecular complexity index is 247. The van der Waals surface area contributed by atoms with E-state index in [0.29, 0.717) is 11.6 Å². The van der Waals surface area contributed by atoms with Crippen LogP contribution in [0.3, 0.4) is 0 Å². The highest BCUT2D eigenvalue weighted by atomic mass is 16.3. The molecule has 0 aliphatic heterocycles. The summed E-state index contributed by atoms with van der Waals surface area (Å²) in [7, 11) is 2.30. The molecule has 3 unspecified atom stereocenters. The van der Waals surface area contributed by atoms with Crippen LogP contribution in [-0.2, 0) is 0 Å². The third-order valence-electron chi connectivity index (χ3n) is 5.48. The van der Waals surface area contributed by atoms with Crippen molar-refractivity contribution in [3.05, 3.63) is 0 Å². The van der Waals surface area contributed by atoms with Crippen molar-refractivity contribution in [2.75, 3.05) is 7.05 Å². The first-order valence-electron chi connectivity index (χ1n) is 7.48. The van der Waals surface area contributed by atoms with Gasteiger partial charge in [0.05, 0.1) is 6.10 Å². The van der Waals surface area contributed by atoms with Crippen LogP contribution in [0.25, 0.3) is 0 Å². The predicted octanol–water partition coefficient (Wildman–Crippen LogP) is 3.19. The first-order valence-corrected chi connectivity index (χ1v) is 7.48. The smallest absolute Gasteiger partial charge is 0.0555 e. The molecule has 0 aromatic heterocycles. The summed E-state index contributed by atoms with van der Waals surface area (Å²) in [5.74, 6) is 0.792. The molecule has 2 nitrogen and oxygen atoms in total. The van der Waals surface area contributed by atoms with Gasteiger partial charge in [0.15, 0.2) is 0 Å². The van der Waals surface area contributed by atoms with Gasteiger partial charge in [0.25, 0.3) is 0 Å². The van der Waals surface area contributed by atoms with Crippen LogP contribution in [0, 0.1) is 5.92 Å². The first kappa shape index (κ1) is 13.4. The summed E-state index contributed by atoms with van der Waals surface area (Å²) in [5.41, 5.74) is 0.398. The number of hydrogen-bond donors (Lipinski definition) is 1. The molecule has 0 radical (unpaired) electrons. The lowest BCUT2D eigenvalue weighted by Gasteiger charge is -2.47. The number of hydrogen-bond acceptors (Lipinski definition) is 2. The highest BCUT2D eigenvalue weighted by Gasteiger charge is 2.40. The van der Waals surface area contributed by atoms with Crippen molar-refractivity contribution in [3.8, 4) is 0 Å². The van der Waals surface area contributed by atoms with Crippen molar-refractivity contribution in [1.29, 1.82) is 0 Å². The fourth-order valence-corrected chi connectivity index (χ4v) is 4.03. The third kappa shape index (κ3) is 2.68. The summed E-state index contributed by atoms with van der Waals surface area (Å²) in [4.78, 5) is 2.62. The van der Waals surface area contributed by atoms with Crippen molar-refractivity contribution in [2.24, 2.45) is 5.92 Å². The average molecular weight is 239 g/mol. The first-order chi connectivity index (χ1) is 8.07. The van der Waals surface area contributed by atoms with Crippen LogP contribution in [0.5, 0.6) is 0 Å². The molecule has 2 heteroatoms. The second kappa shape index (κ2) is 5.27. The Labute approximate surface area is 106 Å². The van der Waals surface area contributed by atoms with Crippen LogP contribution >= 0.6 is 0 Å². The van der Waals surface area contributed by atoms with E-state index in [1.165, 1.54) is 38.5 Å². The Balaban J connectivity index is 2.07. The maximum atomic E-state index is 9.94. The van der Waals surface area contributed by atoms with Gasteiger partial charge in [-0.15, -0.1) is 0 Å². The Morgan fingerprint density at radius 1 is 1.24 bits per heavy atom. The van der Waals surface area contributed by atoms with E-state index < -0.39 is 0 Å². The molecular weight excluding hydrogens is 210 g/mol. The molecule has 0 aromatic carbocycles. The highest BCUT2D eigenvalue weighted by molar-refractivity contribution is 4.96. The number of aliphatic hydroxyl groups excluding tert-OH is 1. The van der Waals surface area contributed by atoms with Crippen LogP contribution in [0.15, 0.2) is 0 Å². The SMILES string of the molecule is CCC1CCC(O)CC1N(C)C1(C)CCCC1. The summed E-state index contributed by atoms with van der Waals surface area (Å²) in [5, 5.41) is 9.94. The molecular formula is C15H29NO. The van der Waals surface area contributed by atoms with E-state index in [4.69, 9.17) is 0 Å². The van der Waals surface area contributed by atoms with Crippen LogP contribution in [-0.4, -0.2) is 34.7 Å². The zero-order valence-electron chi connectivity index (χ0n) is 11.8.